The molecule has 15 atom stereocenters. The number of likely N-dealkylation sites (N-methyl/N-ethyl adjacent to an activating group) is 2. The number of aliphatic hydroxyl groups is 4. The van der Waals surface area contributed by atoms with E-state index in [0.29, 0.717) is 84.3 Å². The summed E-state index contributed by atoms with van der Waals surface area (Å²) in [7, 11) is 5.93. The molecule has 0 aliphatic carbocycles. The fourth-order valence-corrected chi connectivity index (χ4v) is 16.5. The van der Waals surface area contributed by atoms with E-state index >= 15 is 4.39 Å². The highest BCUT2D eigenvalue weighted by molar-refractivity contribution is 6.31. The number of carbonyl (C=O) groups is 8. The number of aliphatic carboxylic acids is 1. The zero-order valence-electron chi connectivity index (χ0n) is 75.3. The number of hydrogen-bond donors (Lipinski definition) is 12. The number of aromatic nitrogens is 3. The minimum atomic E-state index is -2.05. The average Bonchev–Trinajstić information content (AvgIpc) is 1.48. The standard InChI is InChI=1S/C91H129ClFN13O22/c1-14-54(7)76(69(120-12)48-72(109)106-32-18-21-67(106)82(121-13)55(8)86(114)98-56(9)78(110)58-19-16-15-17-20-58)103(10)88(116)74(51(2)3)102-87(115)75(52(4)5)104(11)91(119)126-50-57-22-24-65(68(45-57)127-90-81(113)79(111)80(112)83(128-90)89(117)118)99-71(108)29-36-123-38-40-125-42-41-124-39-37-122-35-28-70(107)95-30-31-96-84-73(85-100-64-25-23-60(92)47-66(64)101-85)77(105-33-26-62(94)27-34-105)63(49-97-84)59-43-53(6)44-61(93)46-59/h15-17,19-20,22-25,43-47,49,51-52,54-56,62,67,69,74-76,78-83,90,110-113H,14,18,21,26-42,48,50,94H2,1-13H3,(H,95,107)(H,96,97)(H,98,114)(H,99,108)(H,100,101)(H,102,115)(H,117,118)/t54-,55+,56+,67-,69+,74-,75-,76-,78+,79-,80-,81+,82+,83-,90+/m0/s1. The van der Waals surface area contributed by atoms with Crippen molar-refractivity contribution in [2.24, 2.45) is 29.4 Å². The summed E-state index contributed by atoms with van der Waals surface area (Å²) in [5, 5.41) is 68.3. The number of carbonyl (C=O) groups excluding carboxylic acids is 7. The van der Waals surface area contributed by atoms with Crippen LogP contribution in [0.2, 0.25) is 5.02 Å². The number of carboxylic acids is 1. The van der Waals surface area contributed by atoms with E-state index < -0.39 is 133 Å². The van der Waals surface area contributed by atoms with Crippen LogP contribution < -0.4 is 42.0 Å². The number of hydrogen-bond acceptors (Lipinski definition) is 26. The molecule has 3 aliphatic rings. The molecule has 3 aliphatic heterocycles. The lowest BCUT2D eigenvalue weighted by molar-refractivity contribution is -0.271. The van der Waals surface area contributed by atoms with E-state index in [9.17, 15) is 63.9 Å². The maximum Gasteiger partial charge on any atom is 0.410 e. The Balaban J connectivity index is 0.711. The van der Waals surface area contributed by atoms with Gasteiger partial charge < -0.3 is 120 Å². The summed E-state index contributed by atoms with van der Waals surface area (Å²) >= 11 is 6.39. The number of nitrogens with one attached hydrogen (secondary N) is 6. The molecular formula is C91H129ClFN13O22. The van der Waals surface area contributed by atoms with Crippen LogP contribution in [0, 0.1) is 36.4 Å². The summed E-state index contributed by atoms with van der Waals surface area (Å²) in [5.74, 6) is -5.82. The van der Waals surface area contributed by atoms with Crippen molar-refractivity contribution in [1.29, 1.82) is 0 Å². The third-order valence-corrected chi connectivity index (χ3v) is 23.8. The molecule has 9 rings (SSSR count). The van der Waals surface area contributed by atoms with Crippen molar-refractivity contribution < 1.29 is 111 Å². The molecule has 5 heterocycles. The van der Waals surface area contributed by atoms with Gasteiger partial charge in [0.05, 0.1) is 136 Å². The Morgan fingerprint density at radius 2 is 1.41 bits per heavy atom. The fraction of sp³-hybridized carbons (Fsp3) is 0.582. The summed E-state index contributed by atoms with van der Waals surface area (Å²) in [6.45, 7) is 19.1. The van der Waals surface area contributed by atoms with E-state index in [1.54, 1.807) is 96.1 Å². The van der Waals surface area contributed by atoms with E-state index in [4.69, 9.17) is 69.9 Å². The fourth-order valence-electron chi connectivity index (χ4n) is 16.4. The first-order valence-electron chi connectivity index (χ1n) is 43.8. The third-order valence-electron chi connectivity index (χ3n) is 23.6. The van der Waals surface area contributed by atoms with Crippen LogP contribution in [0.1, 0.15) is 130 Å². The van der Waals surface area contributed by atoms with Crippen LogP contribution in [0.4, 0.5) is 26.4 Å². The van der Waals surface area contributed by atoms with Gasteiger partial charge in [-0.1, -0.05) is 109 Å². The lowest BCUT2D eigenvalue weighted by Crippen LogP contribution is -2.61. The number of aromatic amines is 1. The molecular weight excluding hydrogens is 1680 g/mol. The molecule has 35 nitrogen and oxygen atoms in total. The second kappa shape index (κ2) is 49.3. The molecule has 7 amide bonds. The predicted octanol–water partition coefficient (Wildman–Crippen LogP) is 7.50. The zero-order chi connectivity index (χ0) is 93.2. The van der Waals surface area contributed by atoms with Gasteiger partial charge in [-0.05, 0) is 122 Å². The van der Waals surface area contributed by atoms with Gasteiger partial charge in [-0.3, -0.25) is 33.7 Å². The largest absolute Gasteiger partial charge is 0.479 e. The van der Waals surface area contributed by atoms with Crippen molar-refractivity contribution in [3.63, 3.8) is 0 Å². The maximum absolute atomic E-state index is 15.0. The Labute approximate surface area is 751 Å². The molecule has 0 unspecified atom stereocenters. The summed E-state index contributed by atoms with van der Waals surface area (Å²) in [4.78, 5) is 130. The summed E-state index contributed by atoms with van der Waals surface area (Å²) in [6, 6.07) is 19.3. The van der Waals surface area contributed by atoms with Crippen molar-refractivity contribution in [1.82, 2.24) is 45.6 Å². The summed E-state index contributed by atoms with van der Waals surface area (Å²) in [6.07, 6.45) is -8.74. The number of carboxylic acid groups (broad SMARTS) is 1. The monoisotopic (exact) mass is 1810 g/mol. The highest BCUT2D eigenvalue weighted by atomic mass is 35.5. The number of H-pyrrole nitrogens is 1. The molecule has 0 spiro atoms. The number of aliphatic hydroxyl groups excluding tert-OH is 4. The number of imidazole rings is 1. The Morgan fingerprint density at radius 1 is 0.750 bits per heavy atom. The van der Waals surface area contributed by atoms with Crippen LogP contribution in [0.25, 0.3) is 33.5 Å². The van der Waals surface area contributed by atoms with Crippen molar-refractivity contribution in [3.05, 3.63) is 119 Å². The number of anilines is 3. The number of piperidine rings is 1. The number of rotatable bonds is 48. The van der Waals surface area contributed by atoms with E-state index in [0.717, 1.165) is 40.1 Å². The van der Waals surface area contributed by atoms with Crippen LogP contribution >= 0.6 is 11.6 Å². The zero-order valence-corrected chi connectivity index (χ0v) is 76.1. The molecule has 13 N–H and O–H groups in total. The lowest BCUT2D eigenvalue weighted by Gasteiger charge is -2.41. The molecule has 0 saturated carbocycles. The Morgan fingerprint density at radius 3 is 2.04 bits per heavy atom. The maximum atomic E-state index is 15.0. The number of nitrogens with two attached hydrogens (primary N) is 1. The van der Waals surface area contributed by atoms with Gasteiger partial charge in [-0.2, -0.15) is 0 Å². The van der Waals surface area contributed by atoms with E-state index in [1.807, 2.05) is 39.0 Å². The predicted molar refractivity (Wildman–Crippen MR) is 476 cm³/mol. The van der Waals surface area contributed by atoms with E-state index in [1.165, 1.54) is 56.5 Å². The van der Waals surface area contributed by atoms with Crippen LogP contribution in [-0.2, 0) is 78.1 Å². The molecule has 2 aromatic heterocycles. The minimum Gasteiger partial charge on any atom is -0.479 e. The van der Waals surface area contributed by atoms with Crippen molar-refractivity contribution in [2.75, 3.05) is 129 Å². The number of fused-ring (bicyclic) bond motifs is 1. The van der Waals surface area contributed by atoms with Crippen LogP contribution in [0.5, 0.6) is 5.75 Å². The van der Waals surface area contributed by atoms with Crippen LogP contribution in [0.15, 0.2) is 91.1 Å². The quantitative estimate of drug-likeness (QED) is 0.0164. The second-order valence-corrected chi connectivity index (χ2v) is 34.1. The highest BCUT2D eigenvalue weighted by Gasteiger charge is 2.49. The van der Waals surface area contributed by atoms with Crippen molar-refractivity contribution in [3.8, 4) is 28.3 Å². The molecule has 128 heavy (non-hydrogen) atoms. The van der Waals surface area contributed by atoms with Gasteiger partial charge in [0.1, 0.15) is 60.2 Å². The summed E-state index contributed by atoms with van der Waals surface area (Å²) in [5.41, 5.74) is 12.3. The van der Waals surface area contributed by atoms with Gasteiger partial charge in [-0.15, -0.1) is 0 Å². The second-order valence-electron chi connectivity index (χ2n) is 33.6. The van der Waals surface area contributed by atoms with Crippen LogP contribution in [0.3, 0.4) is 0 Å². The molecule has 3 fully saturated rings. The first-order chi connectivity index (χ1) is 61.1. The molecule has 4 aromatic carbocycles. The first kappa shape index (κ1) is 102. The Bertz CT molecular complexity index is 4630. The molecule has 37 heteroatoms. The van der Waals surface area contributed by atoms with Crippen LogP contribution in [-0.4, -0.2) is 296 Å². The number of benzene rings is 4. The van der Waals surface area contributed by atoms with Gasteiger partial charge >= 0.3 is 12.1 Å². The number of amides is 7. The van der Waals surface area contributed by atoms with Gasteiger partial charge in [-0.25, -0.2) is 23.9 Å². The molecule has 704 valence electrons. The third kappa shape index (κ3) is 27.6. The van der Waals surface area contributed by atoms with Gasteiger partial charge in [0, 0.05) is 90.3 Å². The normalized spacial score (nSPS) is 19.4. The number of methoxy groups -OCH3 is 2. The van der Waals surface area contributed by atoms with Crippen molar-refractivity contribution in [2.45, 2.75) is 206 Å². The topological polar surface area (TPSA) is 461 Å². The van der Waals surface area contributed by atoms with E-state index in [2.05, 4.69) is 36.5 Å². The number of aryl methyl sites for hydroxylation is 1. The lowest BCUT2D eigenvalue weighted by atomic mass is 9.89. The average molecular weight is 1810 g/mol. The molecule has 0 radical (unpaired) electrons. The number of pyridine rings is 1. The smallest absolute Gasteiger partial charge is 0.410 e. The highest BCUT2D eigenvalue weighted by Crippen LogP contribution is 2.45. The number of nitrogens with zero attached hydrogens (tertiary/aromatic N) is 6. The molecule has 3 saturated heterocycles. The van der Waals surface area contributed by atoms with Gasteiger partial charge in [0.15, 0.2) is 6.10 Å². The number of halogens is 2. The van der Waals surface area contributed by atoms with E-state index in [-0.39, 0.29) is 131 Å². The molecule has 6 aromatic rings. The number of likely N-dealkylation sites (tertiary alicyclic amines) is 1. The Hall–Kier alpha value is -9.80. The SMILES string of the molecule is CC[C@H](C)[C@@H]([C@@H](CC(=O)N1CCC[C@H]1[C@H](OC)[C@@H](C)C(=O)N[C@H](C)[C@@H](O)c1ccccc1)OC)N(C)C(=O)[C@@H](NC(=O)[C@H](C(C)C)N(C)C(=O)OCc1ccc(NC(=O)CCOCCOCCOCCOCCC(=O)NCCNc2ncc(-c3cc(C)cc(F)c3)c(N3CCC(N)CC3)c2-c2nc3ccc(Cl)cc3[nH]2)c(O[C@@H]2O[C@H](C(=O)O)[C@@H](O)[C@H](O)[C@H]2O)c1)C(C)C. The first-order valence-corrected chi connectivity index (χ1v) is 44.2. The van der Waals surface area contributed by atoms with Crippen molar-refractivity contribution >= 4 is 87.3 Å². The number of ether oxygens (including phenoxy) is 9. The Kier molecular flexibility index (Phi) is 39.2. The van der Waals surface area contributed by atoms with Gasteiger partial charge in [0.25, 0.3) is 0 Å². The van der Waals surface area contributed by atoms with Gasteiger partial charge in [0.2, 0.25) is 41.7 Å². The summed E-state index contributed by atoms with van der Waals surface area (Å²) < 4.78 is 66.8. The molecule has 0 bridgehead atoms. The minimum absolute atomic E-state index is 0.0364.